The van der Waals surface area contributed by atoms with Crippen molar-refractivity contribution in [3.05, 3.63) is 46.0 Å². The molecule has 0 saturated heterocycles. The summed E-state index contributed by atoms with van der Waals surface area (Å²) in [6.07, 6.45) is 0. The number of halogens is 1. The molecule has 0 nitrogen and oxygen atoms in total. The molecule has 0 aliphatic rings. The molecule has 0 bridgehead atoms. The summed E-state index contributed by atoms with van der Waals surface area (Å²) in [6, 6.07) is 15.5. The summed E-state index contributed by atoms with van der Waals surface area (Å²) in [6.45, 7) is 0. The highest BCUT2D eigenvalue weighted by molar-refractivity contribution is 14.1. The predicted molar refractivity (Wildman–Crippen MR) is 55.5 cm³/mol. The molecule has 2 aromatic carbocycles. The third kappa shape index (κ3) is 1.38. The largest absolute Gasteiger partial charge is 0.0537 e. The van der Waals surface area contributed by atoms with E-state index in [0.29, 0.717) is 0 Å². The molecule has 2 rings (SSSR count). The molecule has 0 atom stereocenters. The van der Waals surface area contributed by atoms with Crippen LogP contribution in [0.15, 0.2) is 36.4 Å². The zero-order chi connectivity index (χ0) is 7.68. The summed E-state index contributed by atoms with van der Waals surface area (Å²) >= 11 is 2.32. The zero-order valence-electron chi connectivity index (χ0n) is 5.84. The van der Waals surface area contributed by atoms with Crippen molar-refractivity contribution in [2.75, 3.05) is 0 Å². The summed E-state index contributed by atoms with van der Waals surface area (Å²) < 4.78 is 1.28. The fraction of sp³-hybridized carbons (Fsp3) is 0. The normalized spacial score (nSPS) is 10.3. The average Bonchev–Trinajstić information content (AvgIpc) is 2.04. The molecule has 0 heterocycles. The lowest BCUT2D eigenvalue weighted by Gasteiger charge is -1.95. The van der Waals surface area contributed by atoms with Crippen molar-refractivity contribution in [3.8, 4) is 0 Å². The van der Waals surface area contributed by atoms with Crippen molar-refractivity contribution in [1.29, 1.82) is 0 Å². The smallest absolute Gasteiger partial charge is 0.0136 e. The Morgan fingerprint density at radius 3 is 2.91 bits per heavy atom. The first-order chi connectivity index (χ1) is 5.36. The van der Waals surface area contributed by atoms with Gasteiger partial charge in [-0.05, 0) is 57.6 Å². The number of hydrogen-bond donors (Lipinski definition) is 0. The van der Waals surface area contributed by atoms with E-state index in [9.17, 15) is 0 Å². The Kier molecular flexibility index (Phi) is 1.82. The van der Waals surface area contributed by atoms with Crippen LogP contribution in [0.3, 0.4) is 0 Å². The molecule has 0 aromatic heterocycles. The van der Waals surface area contributed by atoms with Crippen molar-refractivity contribution in [2.24, 2.45) is 0 Å². The number of hydrogen-bond acceptors (Lipinski definition) is 0. The standard InChI is InChI=1S/C10H6I/c11-10-6-5-8-3-1-2-4-9(8)7-10/h2-7H. The Labute approximate surface area is 79.4 Å². The summed E-state index contributed by atoms with van der Waals surface area (Å²) in [5.74, 6) is 0. The Bertz CT molecular complexity index is 379. The van der Waals surface area contributed by atoms with Crippen LogP contribution in [-0.2, 0) is 0 Å². The second kappa shape index (κ2) is 2.81. The number of benzene rings is 2. The van der Waals surface area contributed by atoms with Gasteiger partial charge in [-0.25, -0.2) is 0 Å². The average molecular weight is 253 g/mol. The fourth-order valence-electron chi connectivity index (χ4n) is 1.10. The van der Waals surface area contributed by atoms with Crippen molar-refractivity contribution in [2.45, 2.75) is 0 Å². The van der Waals surface area contributed by atoms with Crippen LogP contribution in [0.2, 0.25) is 0 Å². The van der Waals surface area contributed by atoms with E-state index in [1.807, 2.05) is 12.1 Å². The minimum absolute atomic E-state index is 1.26. The van der Waals surface area contributed by atoms with Gasteiger partial charge in [0.1, 0.15) is 0 Å². The van der Waals surface area contributed by atoms with Crippen molar-refractivity contribution < 1.29 is 0 Å². The van der Waals surface area contributed by atoms with Crippen LogP contribution in [0, 0.1) is 9.64 Å². The van der Waals surface area contributed by atoms with Gasteiger partial charge < -0.3 is 0 Å². The lowest BCUT2D eigenvalue weighted by molar-refractivity contribution is 1.69. The first kappa shape index (κ1) is 7.10. The second-order valence-electron chi connectivity index (χ2n) is 2.42. The van der Waals surface area contributed by atoms with Crippen LogP contribution in [0.25, 0.3) is 10.8 Å². The Hall–Kier alpha value is -0.570. The minimum atomic E-state index is 1.26. The molecule has 1 heteroatoms. The first-order valence-electron chi connectivity index (χ1n) is 3.42. The van der Waals surface area contributed by atoms with Gasteiger partial charge in [-0.1, -0.05) is 18.2 Å². The van der Waals surface area contributed by atoms with Gasteiger partial charge in [-0.3, -0.25) is 0 Å². The maximum Gasteiger partial charge on any atom is 0.0136 e. The fourth-order valence-corrected chi connectivity index (χ4v) is 1.61. The van der Waals surface area contributed by atoms with E-state index in [4.69, 9.17) is 0 Å². The lowest BCUT2D eigenvalue weighted by Crippen LogP contribution is -1.72. The van der Waals surface area contributed by atoms with Gasteiger partial charge in [-0.2, -0.15) is 0 Å². The van der Waals surface area contributed by atoms with Crippen LogP contribution in [0.1, 0.15) is 0 Å². The van der Waals surface area contributed by atoms with Gasteiger partial charge >= 0.3 is 0 Å². The molecule has 0 unspecified atom stereocenters. The molecule has 0 aliphatic heterocycles. The quantitative estimate of drug-likeness (QED) is 0.632. The van der Waals surface area contributed by atoms with Crippen LogP contribution < -0.4 is 0 Å². The minimum Gasteiger partial charge on any atom is -0.0537 e. The molecular formula is C10H6I. The number of fused-ring (bicyclic) bond motifs is 1. The maximum atomic E-state index is 3.05. The molecule has 0 N–H and O–H groups in total. The Balaban J connectivity index is 2.83. The van der Waals surface area contributed by atoms with Gasteiger partial charge in [0.15, 0.2) is 0 Å². The van der Waals surface area contributed by atoms with Gasteiger partial charge in [0.25, 0.3) is 0 Å². The van der Waals surface area contributed by atoms with E-state index in [-0.39, 0.29) is 0 Å². The monoisotopic (exact) mass is 253 g/mol. The highest BCUT2D eigenvalue weighted by atomic mass is 127. The van der Waals surface area contributed by atoms with Gasteiger partial charge in [-0.15, -0.1) is 0 Å². The Morgan fingerprint density at radius 1 is 1.09 bits per heavy atom. The molecule has 0 aliphatic carbocycles. The van der Waals surface area contributed by atoms with Crippen LogP contribution >= 0.6 is 22.6 Å². The van der Waals surface area contributed by atoms with Crippen molar-refractivity contribution in [1.82, 2.24) is 0 Å². The van der Waals surface area contributed by atoms with E-state index in [2.05, 4.69) is 52.9 Å². The van der Waals surface area contributed by atoms with E-state index in [1.165, 1.54) is 14.3 Å². The predicted octanol–water partition coefficient (Wildman–Crippen LogP) is 3.24. The zero-order valence-corrected chi connectivity index (χ0v) is 8.00. The van der Waals surface area contributed by atoms with Crippen molar-refractivity contribution >= 4 is 33.4 Å². The Morgan fingerprint density at radius 2 is 2.00 bits per heavy atom. The summed E-state index contributed by atoms with van der Waals surface area (Å²) in [5, 5.41) is 2.54. The lowest BCUT2D eigenvalue weighted by atomic mass is 10.1. The summed E-state index contributed by atoms with van der Waals surface area (Å²) in [5.41, 5.74) is 0. The van der Waals surface area contributed by atoms with Crippen LogP contribution in [0.5, 0.6) is 0 Å². The third-order valence-electron chi connectivity index (χ3n) is 1.65. The molecule has 0 spiro atoms. The topological polar surface area (TPSA) is 0 Å². The van der Waals surface area contributed by atoms with Gasteiger partial charge in [0.2, 0.25) is 0 Å². The van der Waals surface area contributed by atoms with E-state index < -0.39 is 0 Å². The van der Waals surface area contributed by atoms with Crippen LogP contribution in [0.4, 0.5) is 0 Å². The van der Waals surface area contributed by atoms with E-state index in [0.717, 1.165) is 0 Å². The summed E-state index contributed by atoms with van der Waals surface area (Å²) in [4.78, 5) is 0. The SMILES string of the molecule is Ic1ccc2c[c]ccc2c1. The van der Waals surface area contributed by atoms with E-state index >= 15 is 0 Å². The second-order valence-corrected chi connectivity index (χ2v) is 3.66. The molecule has 0 saturated carbocycles. The van der Waals surface area contributed by atoms with Gasteiger partial charge in [0, 0.05) is 3.57 Å². The summed E-state index contributed by atoms with van der Waals surface area (Å²) in [7, 11) is 0. The highest BCUT2D eigenvalue weighted by Crippen LogP contribution is 2.15. The number of rotatable bonds is 0. The van der Waals surface area contributed by atoms with Gasteiger partial charge in [0.05, 0.1) is 0 Å². The molecular weight excluding hydrogens is 247 g/mol. The highest BCUT2D eigenvalue weighted by Gasteiger charge is 1.90. The molecule has 53 valence electrons. The van der Waals surface area contributed by atoms with Crippen LogP contribution in [-0.4, -0.2) is 0 Å². The maximum absolute atomic E-state index is 3.05. The van der Waals surface area contributed by atoms with Crippen molar-refractivity contribution in [3.63, 3.8) is 0 Å². The van der Waals surface area contributed by atoms with E-state index in [1.54, 1.807) is 0 Å². The molecule has 0 amide bonds. The third-order valence-corrected chi connectivity index (χ3v) is 2.32. The molecule has 0 fully saturated rings. The molecule has 11 heavy (non-hydrogen) atoms. The molecule has 2 aromatic rings. The first-order valence-corrected chi connectivity index (χ1v) is 4.49. The molecule has 1 radical (unpaired) electrons.